The molecule has 5 nitrogen and oxygen atoms in total. The smallest absolute Gasteiger partial charge is 0.0870 e. The molecule has 2 aliphatic heterocycles. The molecule has 0 saturated carbocycles. The molecule has 5 heteroatoms. The summed E-state index contributed by atoms with van der Waals surface area (Å²) in [4.78, 5) is 13.6. The third kappa shape index (κ3) is 3.42. The number of fused-ring (bicyclic) bond motifs is 1. The van der Waals surface area contributed by atoms with E-state index < -0.39 is 0 Å². The van der Waals surface area contributed by atoms with Gasteiger partial charge in [0.1, 0.15) is 0 Å². The fourth-order valence-electron chi connectivity index (χ4n) is 3.60. The van der Waals surface area contributed by atoms with E-state index in [0.29, 0.717) is 12.1 Å². The van der Waals surface area contributed by atoms with E-state index in [1.807, 2.05) is 24.7 Å². The molecule has 2 aromatic rings. The minimum Gasteiger partial charge on any atom is -0.374 e. The molecule has 4 heterocycles. The molecule has 2 aliphatic rings. The standard InChI is InChI=1S/C18H22N4O/c1-2-6-20-16(3-1)12-21-13-17-18(14-21)23-10-9-22(17)11-15-4-7-19-8-5-15/h1-8,17-18H,9-14H2/t17-,18+/m1/s1. The van der Waals surface area contributed by atoms with E-state index >= 15 is 0 Å². The Morgan fingerprint density at radius 1 is 1.04 bits per heavy atom. The molecule has 23 heavy (non-hydrogen) atoms. The van der Waals surface area contributed by atoms with Gasteiger partial charge in [-0.25, -0.2) is 0 Å². The number of hydrogen-bond donors (Lipinski definition) is 0. The molecular formula is C18H22N4O. The number of aromatic nitrogens is 2. The zero-order valence-corrected chi connectivity index (χ0v) is 13.2. The van der Waals surface area contributed by atoms with E-state index in [0.717, 1.165) is 45.0 Å². The summed E-state index contributed by atoms with van der Waals surface area (Å²) >= 11 is 0. The molecule has 2 aromatic heterocycles. The zero-order chi connectivity index (χ0) is 15.5. The summed E-state index contributed by atoms with van der Waals surface area (Å²) in [5.74, 6) is 0. The van der Waals surface area contributed by atoms with Gasteiger partial charge in [-0.05, 0) is 29.8 Å². The van der Waals surface area contributed by atoms with Crippen LogP contribution >= 0.6 is 0 Å². The minimum atomic E-state index is 0.314. The van der Waals surface area contributed by atoms with Crippen molar-refractivity contribution in [1.29, 1.82) is 0 Å². The molecule has 2 atom stereocenters. The molecule has 120 valence electrons. The molecule has 0 aromatic carbocycles. The highest BCUT2D eigenvalue weighted by Gasteiger charge is 2.39. The van der Waals surface area contributed by atoms with Crippen LogP contribution in [0, 0.1) is 0 Å². The van der Waals surface area contributed by atoms with Crippen molar-refractivity contribution in [3.63, 3.8) is 0 Å². The van der Waals surface area contributed by atoms with Gasteiger partial charge >= 0.3 is 0 Å². The van der Waals surface area contributed by atoms with Crippen LogP contribution in [-0.4, -0.2) is 58.2 Å². The minimum absolute atomic E-state index is 0.314. The van der Waals surface area contributed by atoms with Crippen molar-refractivity contribution in [3.05, 3.63) is 60.2 Å². The van der Waals surface area contributed by atoms with Gasteiger partial charge in [-0.1, -0.05) is 6.07 Å². The zero-order valence-electron chi connectivity index (χ0n) is 13.2. The van der Waals surface area contributed by atoms with E-state index in [1.165, 1.54) is 5.56 Å². The van der Waals surface area contributed by atoms with Crippen molar-refractivity contribution in [2.75, 3.05) is 26.2 Å². The fourth-order valence-corrected chi connectivity index (χ4v) is 3.60. The van der Waals surface area contributed by atoms with Crippen LogP contribution in [0.5, 0.6) is 0 Å². The Balaban J connectivity index is 1.42. The second-order valence-corrected chi connectivity index (χ2v) is 6.32. The SMILES string of the molecule is c1ccc(CN2C[C@@H]3OCCN(Cc4ccncc4)[C@@H]3C2)nc1. The molecule has 0 aliphatic carbocycles. The first kappa shape index (κ1) is 14.8. The van der Waals surface area contributed by atoms with Gasteiger partial charge in [0.05, 0.1) is 24.4 Å². The van der Waals surface area contributed by atoms with Crippen LogP contribution in [0.25, 0.3) is 0 Å². The van der Waals surface area contributed by atoms with Crippen molar-refractivity contribution in [2.24, 2.45) is 0 Å². The van der Waals surface area contributed by atoms with E-state index in [1.54, 1.807) is 0 Å². The van der Waals surface area contributed by atoms with Crippen molar-refractivity contribution < 1.29 is 4.74 Å². The maximum absolute atomic E-state index is 6.02. The molecule has 0 radical (unpaired) electrons. The van der Waals surface area contributed by atoms with Crippen LogP contribution in [0.4, 0.5) is 0 Å². The monoisotopic (exact) mass is 310 g/mol. The highest BCUT2D eigenvalue weighted by molar-refractivity contribution is 5.11. The molecule has 0 N–H and O–H groups in total. The van der Waals surface area contributed by atoms with Crippen molar-refractivity contribution in [1.82, 2.24) is 19.8 Å². The highest BCUT2D eigenvalue weighted by atomic mass is 16.5. The van der Waals surface area contributed by atoms with Gasteiger partial charge in [-0.15, -0.1) is 0 Å². The van der Waals surface area contributed by atoms with Gasteiger partial charge in [0.15, 0.2) is 0 Å². The summed E-state index contributed by atoms with van der Waals surface area (Å²) in [6, 6.07) is 10.8. The molecule has 0 bridgehead atoms. The van der Waals surface area contributed by atoms with Gasteiger partial charge < -0.3 is 4.74 Å². The second kappa shape index (κ2) is 6.74. The number of likely N-dealkylation sites (tertiary alicyclic amines) is 1. The highest BCUT2D eigenvalue weighted by Crippen LogP contribution is 2.25. The van der Waals surface area contributed by atoms with Crippen LogP contribution in [-0.2, 0) is 17.8 Å². The molecule has 0 unspecified atom stereocenters. The Morgan fingerprint density at radius 3 is 2.78 bits per heavy atom. The Hall–Kier alpha value is -1.82. The first-order chi connectivity index (χ1) is 11.4. The van der Waals surface area contributed by atoms with Gasteiger partial charge in [-0.3, -0.25) is 19.8 Å². The lowest BCUT2D eigenvalue weighted by Crippen LogP contribution is -2.50. The lowest BCUT2D eigenvalue weighted by atomic mass is 10.1. The number of nitrogens with zero attached hydrogens (tertiary/aromatic N) is 4. The van der Waals surface area contributed by atoms with Crippen LogP contribution in [0.1, 0.15) is 11.3 Å². The fraction of sp³-hybridized carbons (Fsp3) is 0.444. The summed E-state index contributed by atoms with van der Waals surface area (Å²) < 4.78 is 6.02. The molecule has 0 amide bonds. The normalized spacial score (nSPS) is 25.4. The van der Waals surface area contributed by atoms with Crippen molar-refractivity contribution in [3.8, 4) is 0 Å². The average molecular weight is 310 g/mol. The molecular weight excluding hydrogens is 288 g/mol. The Morgan fingerprint density at radius 2 is 1.96 bits per heavy atom. The largest absolute Gasteiger partial charge is 0.374 e. The van der Waals surface area contributed by atoms with E-state index in [2.05, 4.69) is 44.0 Å². The van der Waals surface area contributed by atoms with Crippen LogP contribution < -0.4 is 0 Å². The molecule has 2 saturated heterocycles. The number of pyridine rings is 2. The number of rotatable bonds is 4. The Labute approximate surface area is 136 Å². The molecule has 4 rings (SSSR count). The lowest BCUT2D eigenvalue weighted by molar-refractivity contribution is -0.0504. The van der Waals surface area contributed by atoms with Gasteiger partial charge in [0, 0.05) is 51.3 Å². The van der Waals surface area contributed by atoms with Crippen molar-refractivity contribution in [2.45, 2.75) is 25.2 Å². The lowest BCUT2D eigenvalue weighted by Gasteiger charge is -2.36. The van der Waals surface area contributed by atoms with Gasteiger partial charge in [0.25, 0.3) is 0 Å². The summed E-state index contributed by atoms with van der Waals surface area (Å²) in [6.07, 6.45) is 5.92. The van der Waals surface area contributed by atoms with E-state index in [9.17, 15) is 0 Å². The van der Waals surface area contributed by atoms with Crippen molar-refractivity contribution >= 4 is 0 Å². The van der Waals surface area contributed by atoms with E-state index in [-0.39, 0.29) is 0 Å². The number of ether oxygens (including phenoxy) is 1. The summed E-state index contributed by atoms with van der Waals surface area (Å²) in [6.45, 7) is 5.75. The number of morpholine rings is 1. The average Bonchev–Trinajstić information content (AvgIpc) is 3.00. The maximum atomic E-state index is 6.02. The third-order valence-corrected chi connectivity index (χ3v) is 4.74. The van der Waals surface area contributed by atoms with Crippen LogP contribution in [0.3, 0.4) is 0 Å². The second-order valence-electron chi connectivity index (χ2n) is 6.32. The van der Waals surface area contributed by atoms with E-state index in [4.69, 9.17) is 4.74 Å². The van der Waals surface area contributed by atoms with Gasteiger partial charge in [-0.2, -0.15) is 0 Å². The summed E-state index contributed by atoms with van der Waals surface area (Å²) in [5, 5.41) is 0. The predicted octanol–water partition coefficient (Wildman–Crippen LogP) is 1.56. The molecule has 2 fully saturated rings. The Bertz CT molecular complexity index is 621. The third-order valence-electron chi connectivity index (χ3n) is 4.74. The Kier molecular flexibility index (Phi) is 4.33. The first-order valence-corrected chi connectivity index (χ1v) is 8.25. The van der Waals surface area contributed by atoms with Crippen LogP contribution in [0.15, 0.2) is 48.9 Å². The number of hydrogen-bond acceptors (Lipinski definition) is 5. The first-order valence-electron chi connectivity index (χ1n) is 8.25. The van der Waals surface area contributed by atoms with Crippen LogP contribution in [0.2, 0.25) is 0 Å². The quantitative estimate of drug-likeness (QED) is 0.857. The van der Waals surface area contributed by atoms with Gasteiger partial charge in [0.2, 0.25) is 0 Å². The molecule has 0 spiro atoms. The maximum Gasteiger partial charge on any atom is 0.0870 e. The summed E-state index contributed by atoms with van der Waals surface area (Å²) in [7, 11) is 0. The summed E-state index contributed by atoms with van der Waals surface area (Å²) in [5.41, 5.74) is 2.45. The predicted molar refractivity (Wildman–Crippen MR) is 87.7 cm³/mol. The topological polar surface area (TPSA) is 41.5 Å².